The minimum absolute atomic E-state index is 0.0107. The molecule has 0 aromatic rings. The second-order valence-electron chi connectivity index (χ2n) is 3.97. The number of hydrogen-bond donors (Lipinski definition) is 2. The lowest BCUT2D eigenvalue weighted by Gasteiger charge is -2.32. The summed E-state index contributed by atoms with van der Waals surface area (Å²) in [4.78, 5) is 24.2. The summed E-state index contributed by atoms with van der Waals surface area (Å²) < 4.78 is 0. The van der Waals surface area contributed by atoms with Crippen LogP contribution >= 0.6 is 0 Å². The molecule has 1 amide bonds. The van der Waals surface area contributed by atoms with Crippen LogP contribution in [-0.2, 0) is 9.59 Å². The van der Waals surface area contributed by atoms with Crippen molar-refractivity contribution in [2.24, 2.45) is 5.92 Å². The maximum atomic E-state index is 11.8. The molecule has 0 aromatic carbocycles. The van der Waals surface area contributed by atoms with Gasteiger partial charge in [0.1, 0.15) is 0 Å². The molecule has 86 valence electrons. The topological polar surface area (TPSA) is 69.6 Å². The monoisotopic (exact) mass is 214 g/mol. The highest BCUT2D eigenvalue weighted by Crippen LogP contribution is 2.17. The first kappa shape index (κ1) is 12.0. The Morgan fingerprint density at radius 3 is 2.73 bits per heavy atom. The molecule has 1 unspecified atom stereocenters. The lowest BCUT2D eigenvalue weighted by atomic mass is 9.98. The summed E-state index contributed by atoms with van der Waals surface area (Å²) >= 11 is 0. The van der Waals surface area contributed by atoms with Crippen molar-refractivity contribution in [3.8, 4) is 0 Å². The molecule has 15 heavy (non-hydrogen) atoms. The number of likely N-dealkylation sites (tertiary alicyclic amines) is 1. The summed E-state index contributed by atoms with van der Waals surface area (Å²) in [5, 5.41) is 11.7. The van der Waals surface area contributed by atoms with Crippen molar-refractivity contribution in [3.63, 3.8) is 0 Å². The largest absolute Gasteiger partial charge is 0.481 e. The third-order valence-corrected chi connectivity index (χ3v) is 2.89. The van der Waals surface area contributed by atoms with Crippen LogP contribution < -0.4 is 5.32 Å². The molecular formula is C10H18N2O3. The van der Waals surface area contributed by atoms with Crippen LogP contribution in [0, 0.1) is 5.92 Å². The fraction of sp³-hybridized carbons (Fsp3) is 0.800. The van der Waals surface area contributed by atoms with Crippen molar-refractivity contribution in [3.05, 3.63) is 0 Å². The van der Waals surface area contributed by atoms with Gasteiger partial charge in [0, 0.05) is 13.1 Å². The summed E-state index contributed by atoms with van der Waals surface area (Å²) in [5.41, 5.74) is 0. The smallest absolute Gasteiger partial charge is 0.308 e. The number of nitrogens with one attached hydrogen (secondary N) is 1. The third kappa shape index (κ3) is 2.92. The zero-order valence-electron chi connectivity index (χ0n) is 9.19. The number of likely N-dealkylation sites (N-methyl/N-ethyl adjacent to an activating group) is 1. The quantitative estimate of drug-likeness (QED) is 0.689. The fourth-order valence-electron chi connectivity index (χ4n) is 1.78. The van der Waals surface area contributed by atoms with Gasteiger partial charge in [0.15, 0.2) is 0 Å². The van der Waals surface area contributed by atoms with Gasteiger partial charge in [0.05, 0.1) is 12.0 Å². The third-order valence-electron chi connectivity index (χ3n) is 2.89. The molecule has 2 atom stereocenters. The summed E-state index contributed by atoms with van der Waals surface area (Å²) in [7, 11) is 1.72. The van der Waals surface area contributed by atoms with Crippen LogP contribution in [0.15, 0.2) is 0 Å². The minimum Gasteiger partial charge on any atom is -0.481 e. The van der Waals surface area contributed by atoms with Gasteiger partial charge in [0.2, 0.25) is 5.91 Å². The molecule has 0 aromatic heterocycles. The number of carboxylic acid groups (broad SMARTS) is 1. The standard InChI is InChI=1S/C10H18N2O3/c1-7(11-2)9(13)12-5-3-4-8(6-12)10(14)15/h7-8,11H,3-6H2,1-2H3,(H,14,15)/t7?,8-/m0/s1. The van der Waals surface area contributed by atoms with Gasteiger partial charge in [0.25, 0.3) is 0 Å². The number of aliphatic carboxylic acids is 1. The van der Waals surface area contributed by atoms with Crippen molar-refractivity contribution in [1.29, 1.82) is 0 Å². The first-order valence-electron chi connectivity index (χ1n) is 5.25. The highest BCUT2D eigenvalue weighted by atomic mass is 16.4. The van der Waals surface area contributed by atoms with Gasteiger partial charge in [-0.3, -0.25) is 9.59 Å². The fourth-order valence-corrected chi connectivity index (χ4v) is 1.78. The molecule has 0 bridgehead atoms. The van der Waals surface area contributed by atoms with Crippen molar-refractivity contribution in [2.45, 2.75) is 25.8 Å². The number of piperidine rings is 1. The van der Waals surface area contributed by atoms with E-state index in [-0.39, 0.29) is 11.9 Å². The van der Waals surface area contributed by atoms with E-state index in [1.54, 1.807) is 18.9 Å². The molecule has 1 heterocycles. The highest BCUT2D eigenvalue weighted by Gasteiger charge is 2.29. The number of rotatable bonds is 3. The van der Waals surface area contributed by atoms with Gasteiger partial charge in [-0.1, -0.05) is 0 Å². The van der Waals surface area contributed by atoms with E-state index in [9.17, 15) is 9.59 Å². The summed E-state index contributed by atoms with van der Waals surface area (Å²) in [6.07, 6.45) is 1.45. The maximum absolute atomic E-state index is 11.8. The average molecular weight is 214 g/mol. The molecular weight excluding hydrogens is 196 g/mol. The lowest BCUT2D eigenvalue weighted by Crippen LogP contribution is -2.49. The van der Waals surface area contributed by atoms with Crippen molar-refractivity contribution in [2.75, 3.05) is 20.1 Å². The Labute approximate surface area is 89.4 Å². The van der Waals surface area contributed by atoms with E-state index in [1.165, 1.54) is 0 Å². The zero-order chi connectivity index (χ0) is 11.4. The number of carbonyl (C=O) groups is 2. The second kappa shape index (κ2) is 5.11. The molecule has 0 radical (unpaired) electrons. The van der Waals surface area contributed by atoms with Gasteiger partial charge in [-0.15, -0.1) is 0 Å². The number of amides is 1. The molecule has 1 saturated heterocycles. The predicted molar refractivity (Wildman–Crippen MR) is 55.5 cm³/mol. The second-order valence-corrected chi connectivity index (χ2v) is 3.97. The van der Waals surface area contributed by atoms with E-state index in [2.05, 4.69) is 5.32 Å². The Morgan fingerprint density at radius 1 is 1.53 bits per heavy atom. The van der Waals surface area contributed by atoms with Crippen LogP contribution in [0.5, 0.6) is 0 Å². The van der Waals surface area contributed by atoms with E-state index >= 15 is 0 Å². The molecule has 5 nitrogen and oxygen atoms in total. The highest BCUT2D eigenvalue weighted by molar-refractivity contribution is 5.82. The summed E-state index contributed by atoms with van der Waals surface area (Å²) in [6.45, 7) is 2.81. The van der Waals surface area contributed by atoms with E-state index < -0.39 is 11.9 Å². The Balaban J connectivity index is 2.56. The first-order chi connectivity index (χ1) is 7.06. The predicted octanol–water partition coefficient (Wildman–Crippen LogP) is -0.0825. The van der Waals surface area contributed by atoms with Crippen LogP contribution in [0.4, 0.5) is 0 Å². The molecule has 2 N–H and O–H groups in total. The van der Waals surface area contributed by atoms with Crippen LogP contribution in [-0.4, -0.2) is 48.1 Å². The Morgan fingerprint density at radius 2 is 2.20 bits per heavy atom. The molecule has 1 aliphatic rings. The Bertz CT molecular complexity index is 255. The van der Waals surface area contributed by atoms with Gasteiger partial charge in [-0.2, -0.15) is 0 Å². The van der Waals surface area contributed by atoms with Crippen LogP contribution in [0.1, 0.15) is 19.8 Å². The van der Waals surface area contributed by atoms with Crippen LogP contribution in [0.3, 0.4) is 0 Å². The molecule has 0 aliphatic carbocycles. The maximum Gasteiger partial charge on any atom is 0.308 e. The number of carboxylic acids is 1. The molecule has 1 aliphatic heterocycles. The molecule has 1 fully saturated rings. The number of hydrogen-bond acceptors (Lipinski definition) is 3. The van der Waals surface area contributed by atoms with Crippen LogP contribution in [0.2, 0.25) is 0 Å². The van der Waals surface area contributed by atoms with E-state index in [0.717, 1.165) is 6.42 Å². The summed E-state index contributed by atoms with van der Waals surface area (Å²) in [5.74, 6) is -1.21. The zero-order valence-corrected chi connectivity index (χ0v) is 9.19. The SMILES string of the molecule is CNC(C)C(=O)N1CCC[C@H](C(=O)O)C1. The van der Waals surface area contributed by atoms with Crippen molar-refractivity contribution in [1.82, 2.24) is 10.2 Å². The lowest BCUT2D eigenvalue weighted by molar-refractivity contribution is -0.146. The van der Waals surface area contributed by atoms with E-state index in [1.807, 2.05) is 0 Å². The number of carbonyl (C=O) groups excluding carboxylic acids is 1. The van der Waals surface area contributed by atoms with Crippen LogP contribution in [0.25, 0.3) is 0 Å². The average Bonchev–Trinajstić information content (AvgIpc) is 2.27. The first-order valence-corrected chi connectivity index (χ1v) is 5.25. The molecule has 1 rings (SSSR count). The Kier molecular flexibility index (Phi) is 4.08. The molecule has 0 saturated carbocycles. The van der Waals surface area contributed by atoms with Gasteiger partial charge >= 0.3 is 5.97 Å². The van der Waals surface area contributed by atoms with Crippen molar-refractivity contribution < 1.29 is 14.7 Å². The number of nitrogens with zero attached hydrogens (tertiary/aromatic N) is 1. The van der Waals surface area contributed by atoms with E-state index in [4.69, 9.17) is 5.11 Å². The normalized spacial score (nSPS) is 23.6. The summed E-state index contributed by atoms with van der Waals surface area (Å²) in [6, 6.07) is -0.238. The van der Waals surface area contributed by atoms with Gasteiger partial charge in [-0.25, -0.2) is 0 Å². The molecule has 0 spiro atoms. The molecule has 5 heteroatoms. The Hall–Kier alpha value is -1.10. The van der Waals surface area contributed by atoms with Crippen molar-refractivity contribution >= 4 is 11.9 Å². The van der Waals surface area contributed by atoms with Gasteiger partial charge in [-0.05, 0) is 26.8 Å². The van der Waals surface area contributed by atoms with E-state index in [0.29, 0.717) is 19.5 Å². The minimum atomic E-state index is -0.801. The van der Waals surface area contributed by atoms with Gasteiger partial charge < -0.3 is 15.3 Å².